The molecule has 1 fully saturated rings. The Morgan fingerprint density at radius 2 is 2.04 bits per heavy atom. The van der Waals surface area contributed by atoms with Gasteiger partial charge in [-0.2, -0.15) is 0 Å². The summed E-state index contributed by atoms with van der Waals surface area (Å²) in [6, 6.07) is 8.43. The van der Waals surface area contributed by atoms with Crippen molar-refractivity contribution in [3.05, 3.63) is 35.4 Å². The number of hydrogen-bond donors (Lipinski definition) is 2. The molecule has 1 aliphatic heterocycles. The Kier molecular flexibility index (Phi) is 5.72. The Bertz CT molecular complexity index is 595. The summed E-state index contributed by atoms with van der Waals surface area (Å²) in [6.45, 7) is 3.38. The van der Waals surface area contributed by atoms with Gasteiger partial charge in [0.2, 0.25) is 5.91 Å². The predicted molar refractivity (Wildman–Crippen MR) is 96.9 cm³/mol. The monoisotopic (exact) mass is 328 g/mol. The van der Waals surface area contributed by atoms with Crippen LogP contribution in [0.25, 0.3) is 0 Å². The van der Waals surface area contributed by atoms with Crippen molar-refractivity contribution < 1.29 is 4.79 Å². The van der Waals surface area contributed by atoms with Gasteiger partial charge in [0.05, 0.1) is 0 Å². The highest BCUT2D eigenvalue weighted by molar-refractivity contribution is 5.80. The minimum absolute atomic E-state index is 0.257. The number of rotatable bonds is 6. The molecule has 5 heteroatoms. The summed E-state index contributed by atoms with van der Waals surface area (Å²) in [6.07, 6.45) is 5.06. The smallest absolute Gasteiger partial charge is 0.222 e. The van der Waals surface area contributed by atoms with E-state index in [0.717, 1.165) is 50.9 Å². The van der Waals surface area contributed by atoms with Crippen LogP contribution in [0.5, 0.6) is 0 Å². The maximum atomic E-state index is 12.4. The van der Waals surface area contributed by atoms with Crippen molar-refractivity contribution in [3.8, 4) is 0 Å². The molecule has 0 aromatic heterocycles. The first-order valence-electron chi connectivity index (χ1n) is 9.05. The van der Waals surface area contributed by atoms with E-state index < -0.39 is 0 Å². The number of guanidine groups is 1. The van der Waals surface area contributed by atoms with Crippen LogP contribution in [-0.4, -0.2) is 43.4 Å². The fourth-order valence-corrected chi connectivity index (χ4v) is 3.10. The van der Waals surface area contributed by atoms with Gasteiger partial charge in [0.1, 0.15) is 0 Å². The van der Waals surface area contributed by atoms with Crippen LogP contribution in [-0.2, 0) is 17.8 Å². The van der Waals surface area contributed by atoms with E-state index in [1.807, 2.05) is 4.90 Å². The first-order chi connectivity index (χ1) is 11.8. The number of nitrogens with one attached hydrogen (secondary N) is 2. The third-order valence-electron chi connectivity index (χ3n) is 4.82. The summed E-state index contributed by atoms with van der Waals surface area (Å²) in [4.78, 5) is 18.6. The van der Waals surface area contributed by atoms with Crippen LogP contribution >= 0.6 is 0 Å². The van der Waals surface area contributed by atoms with Gasteiger partial charge in [0.25, 0.3) is 0 Å². The van der Waals surface area contributed by atoms with Gasteiger partial charge in [0, 0.05) is 39.6 Å². The summed E-state index contributed by atoms with van der Waals surface area (Å²) < 4.78 is 0. The highest BCUT2D eigenvalue weighted by Gasteiger charge is 2.21. The quantitative estimate of drug-likeness (QED) is 0.477. The van der Waals surface area contributed by atoms with Crippen molar-refractivity contribution in [2.24, 2.45) is 10.9 Å². The third-order valence-corrected chi connectivity index (χ3v) is 4.82. The third kappa shape index (κ3) is 4.73. The van der Waals surface area contributed by atoms with Crippen molar-refractivity contribution in [2.75, 3.05) is 26.7 Å². The molecule has 1 amide bonds. The fraction of sp³-hybridized carbons (Fsp3) is 0.579. The van der Waals surface area contributed by atoms with Crippen LogP contribution in [0.15, 0.2) is 29.3 Å². The highest BCUT2D eigenvalue weighted by atomic mass is 16.2. The minimum atomic E-state index is 0.257. The molecule has 3 rings (SSSR count). The molecule has 0 atom stereocenters. The molecular formula is C19H28N4O. The largest absolute Gasteiger partial charge is 0.356 e. The molecule has 0 bridgehead atoms. The van der Waals surface area contributed by atoms with Gasteiger partial charge in [-0.1, -0.05) is 24.3 Å². The van der Waals surface area contributed by atoms with E-state index in [-0.39, 0.29) is 5.91 Å². The van der Waals surface area contributed by atoms with Crippen LogP contribution in [0.3, 0.4) is 0 Å². The fourth-order valence-electron chi connectivity index (χ4n) is 3.10. The van der Waals surface area contributed by atoms with Gasteiger partial charge < -0.3 is 15.5 Å². The Balaban J connectivity index is 1.35. The average molecular weight is 328 g/mol. The summed E-state index contributed by atoms with van der Waals surface area (Å²) in [5.74, 6) is 1.93. The maximum absolute atomic E-state index is 12.4. The first-order valence-corrected chi connectivity index (χ1v) is 9.05. The Morgan fingerprint density at radius 1 is 1.25 bits per heavy atom. The van der Waals surface area contributed by atoms with Crippen LogP contribution in [0.2, 0.25) is 0 Å². The summed E-state index contributed by atoms with van der Waals surface area (Å²) in [5, 5.41) is 6.63. The van der Waals surface area contributed by atoms with E-state index in [0.29, 0.717) is 6.42 Å². The van der Waals surface area contributed by atoms with Crippen molar-refractivity contribution in [1.82, 2.24) is 15.5 Å². The van der Waals surface area contributed by atoms with Crippen LogP contribution in [0, 0.1) is 5.92 Å². The molecule has 0 radical (unpaired) electrons. The molecule has 2 aliphatic rings. The number of carbonyl (C=O) groups is 1. The summed E-state index contributed by atoms with van der Waals surface area (Å²) in [5.41, 5.74) is 2.67. The molecule has 24 heavy (non-hydrogen) atoms. The van der Waals surface area contributed by atoms with E-state index in [1.165, 1.54) is 24.0 Å². The standard InChI is InChI=1S/C19H28N4O/c1-20-19(22-13-15-8-9-15)21-11-4-7-18(24)23-12-10-16-5-2-3-6-17(16)14-23/h2-3,5-6,15H,4,7-14H2,1H3,(H2,20,21,22). The Morgan fingerprint density at radius 3 is 2.79 bits per heavy atom. The summed E-state index contributed by atoms with van der Waals surface area (Å²) >= 11 is 0. The van der Waals surface area contributed by atoms with Gasteiger partial charge >= 0.3 is 0 Å². The zero-order chi connectivity index (χ0) is 16.8. The Hall–Kier alpha value is -2.04. The SMILES string of the molecule is CN=C(NCCCC(=O)N1CCc2ccccc2C1)NCC1CC1. The van der Waals surface area contributed by atoms with Gasteiger partial charge in [-0.15, -0.1) is 0 Å². The van der Waals surface area contributed by atoms with Gasteiger partial charge in [0.15, 0.2) is 5.96 Å². The number of nitrogens with zero attached hydrogens (tertiary/aromatic N) is 2. The molecule has 0 saturated heterocycles. The second-order valence-corrected chi connectivity index (χ2v) is 6.76. The number of amides is 1. The number of fused-ring (bicyclic) bond motifs is 1. The number of aliphatic imine (C=N–C) groups is 1. The zero-order valence-corrected chi connectivity index (χ0v) is 14.6. The van der Waals surface area contributed by atoms with Crippen molar-refractivity contribution in [3.63, 3.8) is 0 Å². The normalized spacial score (nSPS) is 17.4. The molecule has 130 valence electrons. The molecule has 5 nitrogen and oxygen atoms in total. The zero-order valence-electron chi connectivity index (χ0n) is 14.6. The second kappa shape index (κ2) is 8.18. The molecular weight excluding hydrogens is 300 g/mol. The van der Waals surface area contributed by atoms with Crippen molar-refractivity contribution in [2.45, 2.75) is 38.6 Å². The number of benzene rings is 1. The van der Waals surface area contributed by atoms with E-state index >= 15 is 0 Å². The number of hydrogen-bond acceptors (Lipinski definition) is 2. The summed E-state index contributed by atoms with van der Waals surface area (Å²) in [7, 11) is 1.79. The lowest BCUT2D eigenvalue weighted by atomic mass is 9.99. The van der Waals surface area contributed by atoms with Crippen molar-refractivity contribution >= 4 is 11.9 Å². The topological polar surface area (TPSA) is 56.7 Å². The number of carbonyl (C=O) groups excluding carboxylic acids is 1. The maximum Gasteiger partial charge on any atom is 0.222 e. The lowest BCUT2D eigenvalue weighted by Crippen LogP contribution is -2.39. The van der Waals surface area contributed by atoms with E-state index in [1.54, 1.807) is 7.05 Å². The van der Waals surface area contributed by atoms with E-state index in [9.17, 15) is 4.79 Å². The van der Waals surface area contributed by atoms with E-state index in [4.69, 9.17) is 0 Å². The van der Waals surface area contributed by atoms with Gasteiger partial charge in [-0.05, 0) is 42.7 Å². The lowest BCUT2D eigenvalue weighted by molar-refractivity contribution is -0.132. The molecule has 2 N–H and O–H groups in total. The highest BCUT2D eigenvalue weighted by Crippen LogP contribution is 2.27. The van der Waals surface area contributed by atoms with Crippen LogP contribution < -0.4 is 10.6 Å². The second-order valence-electron chi connectivity index (χ2n) is 6.76. The molecule has 0 spiro atoms. The molecule has 1 heterocycles. The predicted octanol–water partition coefficient (Wildman–Crippen LogP) is 1.93. The van der Waals surface area contributed by atoms with E-state index in [2.05, 4.69) is 39.9 Å². The average Bonchev–Trinajstić information content (AvgIpc) is 3.45. The van der Waals surface area contributed by atoms with Gasteiger partial charge in [-0.25, -0.2) is 0 Å². The molecule has 1 aromatic rings. The van der Waals surface area contributed by atoms with Crippen LogP contribution in [0.1, 0.15) is 36.8 Å². The minimum Gasteiger partial charge on any atom is -0.356 e. The van der Waals surface area contributed by atoms with Crippen molar-refractivity contribution in [1.29, 1.82) is 0 Å². The van der Waals surface area contributed by atoms with Crippen LogP contribution in [0.4, 0.5) is 0 Å². The molecule has 1 saturated carbocycles. The lowest BCUT2D eigenvalue weighted by Gasteiger charge is -2.29. The Labute approximate surface area is 144 Å². The molecule has 1 aromatic carbocycles. The van der Waals surface area contributed by atoms with Gasteiger partial charge in [-0.3, -0.25) is 9.79 Å². The molecule has 0 unspecified atom stereocenters. The molecule has 1 aliphatic carbocycles. The first kappa shape index (κ1) is 16.8.